The highest BCUT2D eigenvalue weighted by molar-refractivity contribution is 6.01. The van der Waals surface area contributed by atoms with E-state index in [2.05, 4.69) is 5.32 Å². The zero-order valence-corrected chi connectivity index (χ0v) is 11.8. The van der Waals surface area contributed by atoms with Crippen LogP contribution in [0.3, 0.4) is 0 Å². The van der Waals surface area contributed by atoms with Crippen molar-refractivity contribution in [2.24, 2.45) is 0 Å². The van der Waals surface area contributed by atoms with Gasteiger partial charge in [-0.25, -0.2) is 4.39 Å². The van der Waals surface area contributed by atoms with Crippen molar-refractivity contribution in [2.75, 3.05) is 18.5 Å². The van der Waals surface area contributed by atoms with Crippen LogP contribution in [0.4, 0.5) is 10.1 Å². The number of rotatable bonds is 6. The minimum Gasteiger partial charge on any atom is -0.491 e. The number of ether oxygens (including phenoxy) is 1. The summed E-state index contributed by atoms with van der Waals surface area (Å²) in [5.74, 6) is 0.0207. The first-order valence-corrected chi connectivity index (χ1v) is 6.76. The van der Waals surface area contributed by atoms with E-state index < -0.39 is 0 Å². The number of nitrogens with one attached hydrogen (secondary N) is 1. The van der Waals surface area contributed by atoms with Crippen molar-refractivity contribution in [3.8, 4) is 5.75 Å². The Hall–Kier alpha value is -2.66. The maximum atomic E-state index is 12.8. The molecule has 4 nitrogen and oxygen atoms in total. The summed E-state index contributed by atoms with van der Waals surface area (Å²) in [6.07, 6.45) is 2.98. The van der Waals surface area contributed by atoms with E-state index in [4.69, 9.17) is 9.84 Å². The molecule has 0 heterocycles. The first kappa shape index (κ1) is 15.7. The number of carbonyl (C=O) groups excluding carboxylic acids is 1. The Labute approximate surface area is 127 Å². The molecule has 0 spiro atoms. The molecule has 0 aliphatic carbocycles. The molecule has 22 heavy (non-hydrogen) atoms. The fourth-order valence-electron chi connectivity index (χ4n) is 1.73. The Morgan fingerprint density at radius 3 is 2.45 bits per heavy atom. The molecule has 2 N–H and O–H groups in total. The molecule has 0 aliphatic rings. The number of hydrogen-bond acceptors (Lipinski definition) is 3. The molecule has 2 aromatic carbocycles. The molecule has 1 amide bonds. The Kier molecular flexibility index (Phi) is 5.68. The number of hydrogen-bond donors (Lipinski definition) is 2. The molecular formula is C17H16FNO3. The molecule has 0 radical (unpaired) electrons. The van der Waals surface area contributed by atoms with Gasteiger partial charge >= 0.3 is 0 Å². The smallest absolute Gasteiger partial charge is 0.248 e. The van der Waals surface area contributed by atoms with E-state index in [1.807, 2.05) is 0 Å². The summed E-state index contributed by atoms with van der Waals surface area (Å²) in [4.78, 5) is 11.8. The van der Waals surface area contributed by atoms with Gasteiger partial charge in [0.1, 0.15) is 18.2 Å². The van der Waals surface area contributed by atoms with E-state index in [9.17, 15) is 9.18 Å². The number of amides is 1. The molecule has 2 aromatic rings. The lowest BCUT2D eigenvalue weighted by molar-refractivity contribution is -0.111. The molecular weight excluding hydrogens is 285 g/mol. The van der Waals surface area contributed by atoms with Gasteiger partial charge in [0, 0.05) is 11.8 Å². The Morgan fingerprint density at radius 1 is 1.14 bits per heavy atom. The van der Waals surface area contributed by atoms with Crippen molar-refractivity contribution in [1.82, 2.24) is 0 Å². The van der Waals surface area contributed by atoms with Gasteiger partial charge in [-0.2, -0.15) is 0 Å². The van der Waals surface area contributed by atoms with Crippen LogP contribution in [0.2, 0.25) is 0 Å². The monoisotopic (exact) mass is 301 g/mol. The largest absolute Gasteiger partial charge is 0.491 e. The minimum absolute atomic E-state index is 0.0489. The third kappa shape index (κ3) is 5.03. The average Bonchev–Trinajstić information content (AvgIpc) is 2.54. The minimum atomic E-state index is -0.315. The lowest BCUT2D eigenvalue weighted by atomic mass is 10.2. The Morgan fingerprint density at radius 2 is 1.82 bits per heavy atom. The summed E-state index contributed by atoms with van der Waals surface area (Å²) in [5.41, 5.74) is 1.37. The number of halogens is 1. The first-order valence-electron chi connectivity index (χ1n) is 6.76. The third-order valence-electron chi connectivity index (χ3n) is 2.78. The molecule has 0 aromatic heterocycles. The van der Waals surface area contributed by atoms with Gasteiger partial charge in [-0.15, -0.1) is 0 Å². The Bertz CT molecular complexity index is 636. The van der Waals surface area contributed by atoms with Crippen molar-refractivity contribution in [3.05, 3.63) is 66.0 Å². The molecule has 0 fully saturated rings. The summed E-state index contributed by atoms with van der Waals surface area (Å²) in [5, 5.41) is 11.4. The highest BCUT2D eigenvalue weighted by atomic mass is 19.1. The third-order valence-corrected chi connectivity index (χ3v) is 2.78. The van der Waals surface area contributed by atoms with Crippen molar-refractivity contribution >= 4 is 17.7 Å². The number of anilines is 1. The predicted molar refractivity (Wildman–Crippen MR) is 83.1 cm³/mol. The van der Waals surface area contributed by atoms with Gasteiger partial charge in [0.05, 0.1) is 6.61 Å². The zero-order valence-electron chi connectivity index (χ0n) is 11.8. The van der Waals surface area contributed by atoms with Gasteiger partial charge in [-0.1, -0.05) is 12.1 Å². The number of aliphatic hydroxyl groups is 1. The molecule has 5 heteroatoms. The molecule has 114 valence electrons. The SMILES string of the molecule is O=C(/C=C/c1ccc(F)cc1)Nc1ccc(OCCO)cc1. The van der Waals surface area contributed by atoms with E-state index in [0.717, 1.165) is 5.56 Å². The van der Waals surface area contributed by atoms with E-state index in [-0.39, 0.29) is 24.9 Å². The quantitative estimate of drug-likeness (QED) is 0.807. The maximum Gasteiger partial charge on any atom is 0.248 e. The number of aliphatic hydroxyl groups excluding tert-OH is 1. The highest BCUT2D eigenvalue weighted by Gasteiger charge is 1.99. The zero-order chi connectivity index (χ0) is 15.8. The molecule has 0 saturated heterocycles. The normalized spacial score (nSPS) is 10.6. The first-order chi connectivity index (χ1) is 10.7. The van der Waals surface area contributed by atoms with Crippen LogP contribution in [0.25, 0.3) is 6.08 Å². The van der Waals surface area contributed by atoms with Crippen LogP contribution in [0.1, 0.15) is 5.56 Å². The van der Waals surface area contributed by atoms with Crippen molar-refractivity contribution < 1.29 is 19.0 Å². The topological polar surface area (TPSA) is 58.6 Å². The van der Waals surface area contributed by atoms with Gasteiger partial charge in [-0.3, -0.25) is 4.79 Å². The second-order valence-corrected chi connectivity index (χ2v) is 4.47. The fraction of sp³-hybridized carbons (Fsp3) is 0.118. The van der Waals surface area contributed by atoms with Crippen LogP contribution in [0.5, 0.6) is 5.75 Å². The van der Waals surface area contributed by atoms with Gasteiger partial charge < -0.3 is 15.2 Å². The van der Waals surface area contributed by atoms with E-state index in [0.29, 0.717) is 11.4 Å². The number of carbonyl (C=O) groups is 1. The van der Waals surface area contributed by atoms with Crippen LogP contribution in [-0.4, -0.2) is 24.2 Å². The lowest BCUT2D eigenvalue weighted by Crippen LogP contribution is -2.07. The summed E-state index contributed by atoms with van der Waals surface area (Å²) in [6.45, 7) is 0.179. The fourth-order valence-corrected chi connectivity index (χ4v) is 1.73. The predicted octanol–water partition coefficient (Wildman–Crippen LogP) is 2.85. The summed E-state index contributed by atoms with van der Waals surface area (Å²) < 4.78 is 18.0. The van der Waals surface area contributed by atoms with Crippen LogP contribution < -0.4 is 10.1 Å². The second kappa shape index (κ2) is 7.95. The molecule has 0 aliphatic heterocycles. The molecule has 0 bridgehead atoms. The maximum absolute atomic E-state index is 12.8. The van der Waals surface area contributed by atoms with Crippen molar-refractivity contribution in [1.29, 1.82) is 0 Å². The molecule has 2 rings (SSSR count). The molecule has 0 saturated carbocycles. The summed E-state index contributed by atoms with van der Waals surface area (Å²) in [6, 6.07) is 12.7. The highest BCUT2D eigenvalue weighted by Crippen LogP contribution is 2.15. The van der Waals surface area contributed by atoms with E-state index in [1.165, 1.54) is 18.2 Å². The summed E-state index contributed by atoms with van der Waals surface area (Å²) >= 11 is 0. The standard InChI is InChI=1S/C17H16FNO3/c18-14-4-1-13(2-5-14)3-10-17(21)19-15-6-8-16(9-7-15)22-12-11-20/h1-10,20H,11-12H2,(H,19,21)/b10-3+. The average molecular weight is 301 g/mol. The van der Waals surface area contributed by atoms with Crippen molar-refractivity contribution in [3.63, 3.8) is 0 Å². The lowest BCUT2D eigenvalue weighted by Gasteiger charge is -2.06. The Balaban J connectivity index is 1.89. The summed E-state index contributed by atoms with van der Waals surface area (Å²) in [7, 11) is 0. The van der Waals surface area contributed by atoms with Gasteiger partial charge in [0.2, 0.25) is 5.91 Å². The number of benzene rings is 2. The van der Waals surface area contributed by atoms with Crippen LogP contribution in [0, 0.1) is 5.82 Å². The van der Waals surface area contributed by atoms with Gasteiger partial charge in [0.25, 0.3) is 0 Å². The van der Waals surface area contributed by atoms with Gasteiger partial charge in [0.15, 0.2) is 0 Å². The van der Waals surface area contributed by atoms with E-state index in [1.54, 1.807) is 42.5 Å². The van der Waals surface area contributed by atoms with Crippen LogP contribution >= 0.6 is 0 Å². The van der Waals surface area contributed by atoms with E-state index >= 15 is 0 Å². The molecule has 0 atom stereocenters. The van der Waals surface area contributed by atoms with Crippen molar-refractivity contribution in [2.45, 2.75) is 0 Å². The van der Waals surface area contributed by atoms with Crippen LogP contribution in [-0.2, 0) is 4.79 Å². The second-order valence-electron chi connectivity index (χ2n) is 4.47. The van der Waals surface area contributed by atoms with Crippen LogP contribution in [0.15, 0.2) is 54.6 Å². The molecule has 0 unspecified atom stereocenters. The van der Waals surface area contributed by atoms with Gasteiger partial charge in [-0.05, 0) is 48.0 Å².